The molecule has 1 aliphatic rings. The van der Waals surface area contributed by atoms with Crippen LogP contribution in [0.2, 0.25) is 0 Å². The number of piperidine rings is 1. The topological polar surface area (TPSA) is 83.0 Å². The maximum atomic E-state index is 13.3. The van der Waals surface area contributed by atoms with Crippen LogP contribution in [0.3, 0.4) is 0 Å². The molecule has 3 aromatic rings. The van der Waals surface area contributed by atoms with Gasteiger partial charge in [-0.15, -0.1) is 0 Å². The fraction of sp³-hybridized carbons (Fsp3) is 0.421. The van der Waals surface area contributed by atoms with E-state index in [0.29, 0.717) is 30.4 Å². The number of halogens is 2. The Kier molecular flexibility index (Phi) is 4.96. The average Bonchev–Trinajstić information content (AvgIpc) is 3.17. The van der Waals surface area contributed by atoms with E-state index in [1.54, 1.807) is 10.6 Å². The zero-order valence-electron chi connectivity index (χ0n) is 15.3. The van der Waals surface area contributed by atoms with Gasteiger partial charge in [0.1, 0.15) is 23.8 Å². The van der Waals surface area contributed by atoms with E-state index in [1.807, 2.05) is 12.1 Å². The Balaban J connectivity index is 1.63. The largest absolute Gasteiger partial charge is 0.297 e. The van der Waals surface area contributed by atoms with Gasteiger partial charge in [0.05, 0.1) is 11.4 Å². The summed E-state index contributed by atoms with van der Waals surface area (Å²) in [6.45, 7) is 4.29. The van der Waals surface area contributed by atoms with E-state index < -0.39 is 6.43 Å². The quantitative estimate of drug-likeness (QED) is 0.689. The summed E-state index contributed by atoms with van der Waals surface area (Å²) in [5, 5.41) is 13.2. The first-order valence-corrected chi connectivity index (χ1v) is 9.12. The molecule has 1 aliphatic heterocycles. The fourth-order valence-electron chi connectivity index (χ4n) is 3.75. The van der Waals surface area contributed by atoms with Crippen molar-refractivity contribution >= 4 is 5.78 Å². The predicted octanol–water partition coefficient (Wildman–Crippen LogP) is 2.95. The van der Waals surface area contributed by atoms with Crippen molar-refractivity contribution in [2.75, 3.05) is 13.1 Å². The highest BCUT2D eigenvalue weighted by molar-refractivity contribution is 5.33. The lowest BCUT2D eigenvalue weighted by Gasteiger charge is -2.37. The van der Waals surface area contributed by atoms with Crippen molar-refractivity contribution in [1.29, 1.82) is 5.26 Å². The molecule has 144 valence electrons. The van der Waals surface area contributed by atoms with Gasteiger partial charge >= 0.3 is 0 Å². The monoisotopic (exact) mass is 383 g/mol. The normalized spacial score (nSPS) is 20.5. The number of hydrogen-bond acceptors (Lipinski definition) is 6. The molecule has 1 saturated heterocycles. The second-order valence-corrected chi connectivity index (χ2v) is 7.11. The highest BCUT2D eigenvalue weighted by atomic mass is 19.3. The molecule has 4 rings (SSSR count). The van der Waals surface area contributed by atoms with Crippen molar-refractivity contribution in [3.05, 3.63) is 53.4 Å². The van der Waals surface area contributed by atoms with Crippen molar-refractivity contribution in [3.8, 4) is 6.07 Å². The van der Waals surface area contributed by atoms with Crippen LogP contribution in [-0.4, -0.2) is 42.6 Å². The summed E-state index contributed by atoms with van der Waals surface area (Å²) in [5.74, 6) is 0.507. The third kappa shape index (κ3) is 3.55. The number of hydrogen-bond donors (Lipinski definition) is 0. The van der Waals surface area contributed by atoms with Gasteiger partial charge in [-0.2, -0.15) is 15.3 Å². The van der Waals surface area contributed by atoms with Crippen LogP contribution in [0.4, 0.5) is 8.78 Å². The second-order valence-electron chi connectivity index (χ2n) is 7.11. The number of likely N-dealkylation sites (tertiary alicyclic amines) is 1. The maximum Gasteiger partial charge on any atom is 0.280 e. The van der Waals surface area contributed by atoms with Gasteiger partial charge < -0.3 is 0 Å². The lowest BCUT2D eigenvalue weighted by atomic mass is 9.84. The molecule has 3 aromatic heterocycles. The van der Waals surface area contributed by atoms with Crippen LogP contribution in [0.1, 0.15) is 48.5 Å². The van der Waals surface area contributed by atoms with Gasteiger partial charge in [-0.1, -0.05) is 13.0 Å². The number of rotatable bonds is 4. The summed E-state index contributed by atoms with van der Waals surface area (Å²) in [6, 6.07) is 8.89. The van der Waals surface area contributed by atoms with E-state index in [0.717, 1.165) is 18.7 Å². The number of nitrogens with zero attached hydrogens (tertiary/aromatic N) is 7. The lowest BCUT2D eigenvalue weighted by Crippen LogP contribution is -2.39. The second kappa shape index (κ2) is 7.56. The molecule has 0 N–H and O–H groups in total. The molecule has 1 unspecified atom stereocenters. The average molecular weight is 383 g/mol. The molecule has 0 spiro atoms. The molecule has 9 heteroatoms. The smallest absolute Gasteiger partial charge is 0.280 e. The Morgan fingerprint density at radius 2 is 2.18 bits per heavy atom. The van der Waals surface area contributed by atoms with Gasteiger partial charge in [-0.25, -0.2) is 23.3 Å². The number of alkyl halides is 2. The van der Waals surface area contributed by atoms with Crippen molar-refractivity contribution in [1.82, 2.24) is 29.5 Å². The molecule has 28 heavy (non-hydrogen) atoms. The Labute approximate surface area is 160 Å². The molecule has 1 fully saturated rings. The first kappa shape index (κ1) is 18.4. The van der Waals surface area contributed by atoms with Crippen LogP contribution in [-0.2, 0) is 6.54 Å². The molecule has 2 atom stereocenters. The van der Waals surface area contributed by atoms with Crippen LogP contribution in [0.25, 0.3) is 5.78 Å². The Morgan fingerprint density at radius 3 is 2.96 bits per heavy atom. The molecule has 0 aromatic carbocycles. The molecule has 4 heterocycles. The molecule has 0 radical (unpaired) electrons. The van der Waals surface area contributed by atoms with Crippen LogP contribution in [0.15, 0.2) is 30.6 Å². The molecule has 0 amide bonds. The Bertz CT molecular complexity index is 1030. The number of pyridine rings is 1. The molecule has 7 nitrogen and oxygen atoms in total. The van der Waals surface area contributed by atoms with Crippen LogP contribution < -0.4 is 0 Å². The summed E-state index contributed by atoms with van der Waals surface area (Å²) in [5.41, 5.74) is 1.64. The van der Waals surface area contributed by atoms with Gasteiger partial charge in [0.15, 0.2) is 0 Å². The summed E-state index contributed by atoms with van der Waals surface area (Å²) < 4.78 is 28.2. The minimum Gasteiger partial charge on any atom is -0.297 e. The summed E-state index contributed by atoms with van der Waals surface area (Å²) >= 11 is 0. The first-order chi connectivity index (χ1) is 13.5. The van der Waals surface area contributed by atoms with Crippen LogP contribution >= 0.6 is 0 Å². The third-order valence-corrected chi connectivity index (χ3v) is 5.25. The molecular weight excluding hydrogens is 364 g/mol. The summed E-state index contributed by atoms with van der Waals surface area (Å²) in [4.78, 5) is 14.5. The van der Waals surface area contributed by atoms with E-state index in [1.165, 1.54) is 12.4 Å². The SMILES string of the molecule is CC1CCN(Cc2cccc(C#N)n2)C[C@H]1c1cc(C(F)F)nc2ncnn12. The lowest BCUT2D eigenvalue weighted by molar-refractivity contribution is 0.143. The first-order valence-electron chi connectivity index (χ1n) is 9.12. The van der Waals surface area contributed by atoms with Crippen LogP contribution in [0.5, 0.6) is 0 Å². The highest BCUT2D eigenvalue weighted by Gasteiger charge is 2.31. The van der Waals surface area contributed by atoms with E-state index >= 15 is 0 Å². The number of fused-ring (bicyclic) bond motifs is 1. The van der Waals surface area contributed by atoms with E-state index in [9.17, 15) is 8.78 Å². The Hall–Kier alpha value is -2.99. The van der Waals surface area contributed by atoms with Crippen molar-refractivity contribution in [3.63, 3.8) is 0 Å². The zero-order valence-corrected chi connectivity index (χ0v) is 15.3. The maximum absolute atomic E-state index is 13.3. The van der Waals surface area contributed by atoms with Gasteiger partial charge in [-0.05, 0) is 37.1 Å². The third-order valence-electron chi connectivity index (χ3n) is 5.25. The summed E-state index contributed by atoms with van der Waals surface area (Å²) in [6.07, 6.45) is -0.400. The standard InChI is InChI=1S/C19H19F2N7/c1-12-5-6-27(9-14-4-2-3-13(8-22)25-14)10-15(12)17-7-16(18(20)21)26-19-23-11-24-28(17)19/h2-4,7,11-12,15,18H,5-6,9-10H2,1H3/t12?,15-/m1/s1. The molecule has 0 aliphatic carbocycles. The molecule has 0 saturated carbocycles. The van der Waals surface area contributed by atoms with Gasteiger partial charge in [0.2, 0.25) is 0 Å². The van der Waals surface area contributed by atoms with E-state index in [4.69, 9.17) is 5.26 Å². The minimum absolute atomic E-state index is 0.0117. The van der Waals surface area contributed by atoms with Crippen LogP contribution in [0, 0.1) is 17.2 Å². The fourth-order valence-corrected chi connectivity index (χ4v) is 3.75. The van der Waals surface area contributed by atoms with Gasteiger partial charge in [0.25, 0.3) is 12.2 Å². The van der Waals surface area contributed by atoms with Gasteiger partial charge in [0, 0.05) is 19.0 Å². The predicted molar refractivity (Wildman–Crippen MR) is 96.5 cm³/mol. The van der Waals surface area contributed by atoms with E-state index in [-0.39, 0.29) is 17.4 Å². The van der Waals surface area contributed by atoms with Crippen molar-refractivity contribution in [2.45, 2.75) is 32.2 Å². The number of aromatic nitrogens is 5. The molecular formula is C19H19F2N7. The van der Waals surface area contributed by atoms with Crippen molar-refractivity contribution in [2.24, 2.45) is 5.92 Å². The highest BCUT2D eigenvalue weighted by Crippen LogP contribution is 2.34. The summed E-state index contributed by atoms with van der Waals surface area (Å²) in [7, 11) is 0. The zero-order chi connectivity index (χ0) is 19.7. The number of nitriles is 1. The van der Waals surface area contributed by atoms with Crippen molar-refractivity contribution < 1.29 is 8.78 Å². The van der Waals surface area contributed by atoms with E-state index in [2.05, 4.69) is 37.9 Å². The van der Waals surface area contributed by atoms with Gasteiger partial charge in [-0.3, -0.25) is 4.90 Å². The molecule has 0 bridgehead atoms. The minimum atomic E-state index is -2.66. The Morgan fingerprint density at radius 1 is 1.32 bits per heavy atom.